The van der Waals surface area contributed by atoms with Crippen LogP contribution in [0.3, 0.4) is 0 Å². The maximum absolute atomic E-state index is 6.43. The van der Waals surface area contributed by atoms with Gasteiger partial charge in [-0.15, -0.1) is 0 Å². The first-order valence-corrected chi connectivity index (χ1v) is 12.9. The van der Waals surface area contributed by atoms with Crippen molar-refractivity contribution in [1.82, 2.24) is 4.57 Å². The molecule has 0 atom stereocenters. The summed E-state index contributed by atoms with van der Waals surface area (Å²) in [6, 6.07) is 40.7. The van der Waals surface area contributed by atoms with Gasteiger partial charge in [0.15, 0.2) is 5.58 Å². The molecule has 0 spiro atoms. The number of fused-ring (bicyclic) bond motifs is 3. The lowest BCUT2D eigenvalue weighted by atomic mass is 10.00. The standard InChI is InChI=1S/C35H27N2O/c1-24-12-21-31-30-10-6-7-11-32(30)38-34(31)33(24)35-36(2)22-23-37(35)29-19-17-28(18-20-29)27-15-13-26(14-16-27)25-8-4-3-5-9-25/h3-23H,1-2H3/q+1. The van der Waals surface area contributed by atoms with E-state index < -0.39 is 0 Å². The minimum absolute atomic E-state index is 0.915. The molecule has 0 radical (unpaired) electrons. The second-order valence-electron chi connectivity index (χ2n) is 9.83. The quantitative estimate of drug-likeness (QED) is 0.226. The van der Waals surface area contributed by atoms with Gasteiger partial charge in [0.2, 0.25) is 0 Å². The number of benzene rings is 5. The Labute approximate surface area is 221 Å². The molecular formula is C35H27N2O+. The van der Waals surface area contributed by atoms with E-state index in [2.05, 4.69) is 133 Å². The van der Waals surface area contributed by atoms with Crippen molar-refractivity contribution in [1.29, 1.82) is 0 Å². The van der Waals surface area contributed by atoms with Crippen molar-refractivity contribution in [2.24, 2.45) is 7.05 Å². The normalized spacial score (nSPS) is 11.4. The predicted octanol–water partition coefficient (Wildman–Crippen LogP) is 8.51. The third kappa shape index (κ3) is 3.63. The summed E-state index contributed by atoms with van der Waals surface area (Å²) in [6.07, 6.45) is 4.23. The minimum atomic E-state index is 0.915. The first-order chi connectivity index (χ1) is 18.7. The molecule has 2 heterocycles. The van der Waals surface area contributed by atoms with Gasteiger partial charge < -0.3 is 4.42 Å². The predicted molar refractivity (Wildman–Crippen MR) is 155 cm³/mol. The molecule has 2 aromatic heterocycles. The number of aromatic nitrogens is 2. The Morgan fingerprint density at radius 3 is 1.92 bits per heavy atom. The monoisotopic (exact) mass is 491 g/mol. The smallest absolute Gasteiger partial charge is 0.297 e. The van der Waals surface area contributed by atoms with Crippen molar-refractivity contribution in [3.63, 3.8) is 0 Å². The van der Waals surface area contributed by atoms with E-state index in [9.17, 15) is 0 Å². The molecule has 0 unspecified atom stereocenters. The van der Waals surface area contributed by atoms with E-state index in [0.29, 0.717) is 0 Å². The first-order valence-electron chi connectivity index (χ1n) is 12.9. The van der Waals surface area contributed by atoms with Crippen molar-refractivity contribution < 1.29 is 8.98 Å². The summed E-state index contributed by atoms with van der Waals surface area (Å²) in [6.45, 7) is 2.15. The molecule has 0 N–H and O–H groups in total. The molecule has 0 fully saturated rings. The van der Waals surface area contributed by atoms with Gasteiger partial charge in [-0.1, -0.05) is 97.1 Å². The molecule has 3 nitrogen and oxygen atoms in total. The van der Waals surface area contributed by atoms with Crippen molar-refractivity contribution in [3.05, 3.63) is 133 Å². The molecule has 182 valence electrons. The molecule has 0 aliphatic carbocycles. The molecule has 0 aliphatic heterocycles. The lowest BCUT2D eigenvalue weighted by molar-refractivity contribution is -0.659. The summed E-state index contributed by atoms with van der Waals surface area (Å²) in [5.41, 5.74) is 10.1. The van der Waals surface area contributed by atoms with Gasteiger partial charge in [-0.25, -0.2) is 4.57 Å². The molecule has 0 amide bonds. The van der Waals surface area contributed by atoms with Gasteiger partial charge in [-0.05, 0) is 52.9 Å². The maximum atomic E-state index is 6.43. The average molecular weight is 492 g/mol. The van der Waals surface area contributed by atoms with Crippen LogP contribution < -0.4 is 4.57 Å². The topological polar surface area (TPSA) is 21.9 Å². The highest BCUT2D eigenvalue weighted by Gasteiger charge is 2.26. The lowest BCUT2D eigenvalue weighted by Crippen LogP contribution is -2.29. The van der Waals surface area contributed by atoms with Crippen LogP contribution in [-0.4, -0.2) is 4.57 Å². The molecule has 0 saturated carbocycles. The van der Waals surface area contributed by atoms with Crippen LogP contribution in [0.5, 0.6) is 0 Å². The van der Waals surface area contributed by atoms with E-state index in [1.807, 2.05) is 18.2 Å². The fourth-order valence-corrected chi connectivity index (χ4v) is 5.45. The van der Waals surface area contributed by atoms with Crippen molar-refractivity contribution >= 4 is 21.9 Å². The number of aryl methyl sites for hydroxylation is 2. The lowest BCUT2D eigenvalue weighted by Gasteiger charge is -2.08. The number of para-hydroxylation sites is 1. The molecule has 0 saturated heterocycles. The summed E-state index contributed by atoms with van der Waals surface area (Å²) in [5, 5.41) is 2.29. The Hall–Kier alpha value is -4.89. The van der Waals surface area contributed by atoms with Crippen molar-refractivity contribution in [2.75, 3.05) is 0 Å². The van der Waals surface area contributed by atoms with E-state index in [4.69, 9.17) is 4.42 Å². The SMILES string of the molecule is Cc1ccc2c(oc3ccccc32)c1-c1n(-c2ccc(-c3ccc(-c4ccccc4)cc3)cc2)cc[n+]1C. The highest BCUT2D eigenvalue weighted by molar-refractivity contribution is 6.09. The van der Waals surface area contributed by atoms with Crippen LogP contribution in [0.1, 0.15) is 5.56 Å². The van der Waals surface area contributed by atoms with Crippen molar-refractivity contribution in [3.8, 4) is 39.3 Å². The zero-order valence-electron chi connectivity index (χ0n) is 21.4. The fourth-order valence-electron chi connectivity index (χ4n) is 5.45. The molecular weight excluding hydrogens is 464 g/mol. The second-order valence-corrected chi connectivity index (χ2v) is 9.83. The van der Waals surface area contributed by atoms with Crippen LogP contribution in [-0.2, 0) is 7.05 Å². The largest absolute Gasteiger partial charge is 0.455 e. The Kier molecular flexibility index (Phi) is 5.22. The molecule has 5 aromatic carbocycles. The number of hydrogen-bond donors (Lipinski definition) is 0. The van der Waals surface area contributed by atoms with Gasteiger partial charge in [-0.2, -0.15) is 4.57 Å². The number of imidazole rings is 1. The summed E-state index contributed by atoms with van der Waals surface area (Å²) in [7, 11) is 2.09. The van der Waals surface area contributed by atoms with E-state index in [1.54, 1.807) is 0 Å². The van der Waals surface area contributed by atoms with Gasteiger partial charge in [0, 0.05) is 10.8 Å². The van der Waals surface area contributed by atoms with Gasteiger partial charge in [0.1, 0.15) is 29.2 Å². The Morgan fingerprint density at radius 1 is 0.605 bits per heavy atom. The number of nitrogens with zero attached hydrogens (tertiary/aromatic N) is 2. The molecule has 0 aliphatic rings. The van der Waals surface area contributed by atoms with Crippen LogP contribution in [0.2, 0.25) is 0 Å². The van der Waals surface area contributed by atoms with E-state index in [0.717, 1.165) is 39.0 Å². The van der Waals surface area contributed by atoms with Gasteiger partial charge in [0.05, 0.1) is 7.05 Å². The molecule has 0 bridgehead atoms. The third-order valence-electron chi connectivity index (χ3n) is 7.45. The Morgan fingerprint density at radius 2 is 1.21 bits per heavy atom. The molecule has 7 aromatic rings. The van der Waals surface area contributed by atoms with Gasteiger partial charge in [0.25, 0.3) is 5.82 Å². The number of hydrogen-bond acceptors (Lipinski definition) is 1. The number of rotatable bonds is 4. The van der Waals surface area contributed by atoms with E-state index in [1.165, 1.54) is 27.8 Å². The molecule has 7 rings (SSSR count). The Bertz CT molecular complexity index is 1910. The summed E-state index contributed by atoms with van der Waals surface area (Å²) in [5.74, 6) is 1.09. The average Bonchev–Trinajstić information content (AvgIpc) is 3.54. The fraction of sp³-hybridized carbons (Fsp3) is 0.0571. The number of furan rings is 1. The first kappa shape index (κ1) is 22.3. The van der Waals surface area contributed by atoms with Crippen molar-refractivity contribution in [2.45, 2.75) is 6.92 Å². The molecule has 3 heteroatoms. The maximum Gasteiger partial charge on any atom is 0.297 e. The van der Waals surface area contributed by atoms with Crippen LogP contribution >= 0.6 is 0 Å². The van der Waals surface area contributed by atoms with Crippen LogP contribution in [0.4, 0.5) is 0 Å². The van der Waals surface area contributed by atoms with E-state index in [-0.39, 0.29) is 0 Å². The highest BCUT2D eigenvalue weighted by atomic mass is 16.3. The van der Waals surface area contributed by atoms with Crippen LogP contribution in [0.15, 0.2) is 132 Å². The second kappa shape index (κ2) is 8.89. The minimum Gasteiger partial charge on any atom is -0.455 e. The van der Waals surface area contributed by atoms with Crippen LogP contribution in [0, 0.1) is 6.92 Å². The molecule has 38 heavy (non-hydrogen) atoms. The zero-order chi connectivity index (χ0) is 25.6. The summed E-state index contributed by atoms with van der Waals surface area (Å²) < 4.78 is 10.8. The van der Waals surface area contributed by atoms with Crippen LogP contribution in [0.25, 0.3) is 61.3 Å². The summed E-state index contributed by atoms with van der Waals surface area (Å²) >= 11 is 0. The van der Waals surface area contributed by atoms with Gasteiger partial charge >= 0.3 is 0 Å². The Balaban J connectivity index is 1.28. The summed E-state index contributed by atoms with van der Waals surface area (Å²) in [4.78, 5) is 0. The van der Waals surface area contributed by atoms with Gasteiger partial charge in [-0.3, -0.25) is 0 Å². The highest BCUT2D eigenvalue weighted by Crippen LogP contribution is 2.37. The zero-order valence-corrected chi connectivity index (χ0v) is 21.4. The van der Waals surface area contributed by atoms with E-state index >= 15 is 0 Å². The third-order valence-corrected chi connectivity index (χ3v) is 7.45.